The van der Waals surface area contributed by atoms with Gasteiger partial charge in [-0.2, -0.15) is 5.10 Å². The van der Waals surface area contributed by atoms with E-state index >= 15 is 0 Å². The normalized spacial score (nSPS) is 17.5. The second-order valence-corrected chi connectivity index (χ2v) is 6.55. The third-order valence-electron chi connectivity index (χ3n) is 3.59. The molecule has 0 saturated carbocycles. The highest BCUT2D eigenvalue weighted by molar-refractivity contribution is 7.99. The summed E-state index contributed by atoms with van der Waals surface area (Å²) in [7, 11) is 0. The van der Waals surface area contributed by atoms with Crippen LogP contribution in [0.2, 0.25) is 0 Å². The van der Waals surface area contributed by atoms with Crippen molar-refractivity contribution in [2.45, 2.75) is 30.2 Å². The van der Waals surface area contributed by atoms with Gasteiger partial charge in [0.1, 0.15) is 5.56 Å². The highest BCUT2D eigenvalue weighted by Gasteiger charge is 2.23. The summed E-state index contributed by atoms with van der Waals surface area (Å²) in [6.45, 7) is 2.37. The van der Waals surface area contributed by atoms with E-state index in [0.717, 1.165) is 22.6 Å². The van der Waals surface area contributed by atoms with Gasteiger partial charge in [0.25, 0.3) is 0 Å². The second-order valence-electron chi connectivity index (χ2n) is 4.88. The lowest BCUT2D eigenvalue weighted by atomic mass is 10.0. The monoisotopic (exact) mass is 322 g/mol. The first kappa shape index (κ1) is 14.5. The molecule has 1 unspecified atom stereocenters. The lowest BCUT2D eigenvalue weighted by Crippen LogP contribution is -2.06. The molecule has 1 aromatic heterocycles. The van der Waals surface area contributed by atoms with Gasteiger partial charge in [0.05, 0.1) is 11.6 Å². The number of benzene rings is 1. The van der Waals surface area contributed by atoms with Crippen LogP contribution in [0.3, 0.4) is 0 Å². The molecule has 3 rings (SSSR count). The number of aromatic hydroxyl groups is 1. The minimum atomic E-state index is -0.227. The van der Waals surface area contributed by atoms with Crippen molar-refractivity contribution in [3.63, 3.8) is 0 Å². The van der Waals surface area contributed by atoms with Gasteiger partial charge >= 0.3 is 0 Å². The third-order valence-corrected chi connectivity index (χ3v) is 5.17. The SMILES string of the molecule is CCn1ncc(C(=O)c2ccc3c(c2)C(Cl)CCS3)c1O. The van der Waals surface area contributed by atoms with E-state index in [2.05, 4.69) is 5.10 Å². The fraction of sp³-hybridized carbons (Fsp3) is 0.333. The molecule has 1 aromatic carbocycles. The summed E-state index contributed by atoms with van der Waals surface area (Å²) in [4.78, 5) is 13.7. The zero-order valence-electron chi connectivity index (χ0n) is 11.5. The molecule has 21 heavy (non-hydrogen) atoms. The van der Waals surface area contributed by atoms with Crippen molar-refractivity contribution >= 4 is 29.1 Å². The van der Waals surface area contributed by atoms with Gasteiger partial charge in [-0.15, -0.1) is 23.4 Å². The number of ketones is 1. The largest absolute Gasteiger partial charge is 0.493 e. The van der Waals surface area contributed by atoms with Crippen LogP contribution in [0.5, 0.6) is 5.88 Å². The topological polar surface area (TPSA) is 55.1 Å². The van der Waals surface area contributed by atoms with Gasteiger partial charge in [-0.25, -0.2) is 4.68 Å². The number of thioether (sulfide) groups is 1. The van der Waals surface area contributed by atoms with E-state index in [-0.39, 0.29) is 22.6 Å². The van der Waals surface area contributed by atoms with Crippen LogP contribution in [0, 0.1) is 0 Å². The molecule has 2 heterocycles. The number of aromatic nitrogens is 2. The van der Waals surface area contributed by atoms with Gasteiger partial charge in [0, 0.05) is 17.0 Å². The first-order valence-corrected chi connectivity index (χ1v) is 8.24. The minimum Gasteiger partial charge on any atom is -0.493 e. The Bertz CT molecular complexity index is 699. The number of hydrogen-bond donors (Lipinski definition) is 1. The summed E-state index contributed by atoms with van der Waals surface area (Å²) in [6, 6.07) is 5.55. The highest BCUT2D eigenvalue weighted by Crippen LogP contribution is 2.40. The number of alkyl halides is 1. The Morgan fingerprint density at radius 1 is 1.57 bits per heavy atom. The summed E-state index contributed by atoms with van der Waals surface area (Å²) < 4.78 is 1.39. The number of fused-ring (bicyclic) bond motifs is 1. The molecule has 0 saturated heterocycles. The standard InChI is InChI=1S/C15H15ClN2O2S/c1-2-18-15(20)11(8-17-18)14(19)9-3-4-13-10(7-9)12(16)5-6-21-13/h3-4,7-8,12,20H,2,5-6H2,1H3. The Morgan fingerprint density at radius 2 is 2.38 bits per heavy atom. The van der Waals surface area contributed by atoms with Crippen LogP contribution in [0.25, 0.3) is 0 Å². The Balaban J connectivity index is 1.98. The summed E-state index contributed by atoms with van der Waals surface area (Å²) in [6.07, 6.45) is 2.31. The molecule has 0 fully saturated rings. The van der Waals surface area contributed by atoms with E-state index in [1.807, 2.05) is 19.1 Å². The van der Waals surface area contributed by atoms with E-state index in [0.29, 0.717) is 12.1 Å². The van der Waals surface area contributed by atoms with Gasteiger partial charge in [-0.05, 0) is 42.9 Å². The van der Waals surface area contributed by atoms with E-state index < -0.39 is 0 Å². The Morgan fingerprint density at radius 3 is 3.10 bits per heavy atom. The molecule has 2 aromatic rings. The molecule has 0 spiro atoms. The van der Waals surface area contributed by atoms with E-state index in [9.17, 15) is 9.90 Å². The lowest BCUT2D eigenvalue weighted by Gasteiger charge is -2.20. The maximum atomic E-state index is 12.5. The molecule has 110 valence electrons. The fourth-order valence-corrected chi connectivity index (χ4v) is 4.01. The van der Waals surface area contributed by atoms with Crippen LogP contribution in [-0.2, 0) is 6.54 Å². The summed E-state index contributed by atoms with van der Waals surface area (Å²) >= 11 is 8.10. The molecular formula is C15H15ClN2O2S. The summed E-state index contributed by atoms with van der Waals surface area (Å²) in [5.74, 6) is 0.685. The van der Waals surface area contributed by atoms with Crippen molar-refractivity contribution in [3.05, 3.63) is 41.1 Å². The summed E-state index contributed by atoms with van der Waals surface area (Å²) in [5.41, 5.74) is 1.76. The number of aryl methyl sites for hydroxylation is 1. The van der Waals surface area contributed by atoms with Crippen molar-refractivity contribution in [3.8, 4) is 5.88 Å². The maximum absolute atomic E-state index is 12.5. The van der Waals surface area contributed by atoms with Crippen molar-refractivity contribution in [2.24, 2.45) is 0 Å². The molecule has 1 aliphatic rings. The maximum Gasteiger partial charge on any atom is 0.220 e. The first-order valence-electron chi connectivity index (χ1n) is 6.82. The highest BCUT2D eigenvalue weighted by atomic mass is 35.5. The van der Waals surface area contributed by atoms with E-state index in [1.165, 1.54) is 10.9 Å². The summed E-state index contributed by atoms with van der Waals surface area (Å²) in [5, 5.41) is 13.9. The Hall–Kier alpha value is -1.46. The fourth-order valence-electron chi connectivity index (χ4n) is 2.42. The van der Waals surface area contributed by atoms with Crippen LogP contribution < -0.4 is 0 Å². The van der Waals surface area contributed by atoms with Crippen LogP contribution in [0.15, 0.2) is 29.3 Å². The molecule has 0 aliphatic carbocycles. The van der Waals surface area contributed by atoms with Crippen LogP contribution in [-0.4, -0.2) is 26.4 Å². The minimum absolute atomic E-state index is 0.0547. The van der Waals surface area contributed by atoms with Gasteiger partial charge in [-0.3, -0.25) is 4.79 Å². The zero-order chi connectivity index (χ0) is 15.0. The second kappa shape index (κ2) is 5.73. The molecule has 0 amide bonds. The van der Waals surface area contributed by atoms with E-state index in [1.54, 1.807) is 17.8 Å². The van der Waals surface area contributed by atoms with Gasteiger partial charge in [0.2, 0.25) is 5.88 Å². The van der Waals surface area contributed by atoms with Gasteiger partial charge < -0.3 is 5.11 Å². The van der Waals surface area contributed by atoms with Crippen molar-refractivity contribution in [2.75, 3.05) is 5.75 Å². The number of halogens is 1. The number of rotatable bonds is 3. The molecule has 6 heteroatoms. The number of carbonyl (C=O) groups is 1. The molecule has 4 nitrogen and oxygen atoms in total. The molecule has 0 radical (unpaired) electrons. The van der Waals surface area contributed by atoms with Crippen molar-refractivity contribution < 1.29 is 9.90 Å². The quantitative estimate of drug-likeness (QED) is 0.692. The number of nitrogens with zero attached hydrogens (tertiary/aromatic N) is 2. The molecule has 1 N–H and O–H groups in total. The predicted molar refractivity (Wildman–Crippen MR) is 83.4 cm³/mol. The van der Waals surface area contributed by atoms with E-state index in [4.69, 9.17) is 11.6 Å². The molecular weight excluding hydrogens is 308 g/mol. The predicted octanol–water partition coefficient (Wildman–Crippen LogP) is 3.62. The average Bonchev–Trinajstić information content (AvgIpc) is 2.87. The Labute approximate surface area is 132 Å². The van der Waals surface area contributed by atoms with Crippen LogP contribution in [0.4, 0.5) is 0 Å². The number of hydrogen-bond acceptors (Lipinski definition) is 4. The van der Waals surface area contributed by atoms with Gasteiger partial charge in [0.15, 0.2) is 5.78 Å². The van der Waals surface area contributed by atoms with Crippen LogP contribution in [0.1, 0.15) is 40.2 Å². The van der Waals surface area contributed by atoms with Crippen molar-refractivity contribution in [1.82, 2.24) is 9.78 Å². The molecule has 0 bridgehead atoms. The lowest BCUT2D eigenvalue weighted by molar-refractivity contribution is 0.103. The van der Waals surface area contributed by atoms with Crippen LogP contribution >= 0.6 is 23.4 Å². The Kier molecular flexibility index (Phi) is 3.95. The molecule has 1 aliphatic heterocycles. The average molecular weight is 323 g/mol. The van der Waals surface area contributed by atoms with Gasteiger partial charge in [-0.1, -0.05) is 0 Å². The molecule has 1 atom stereocenters. The number of carbonyl (C=O) groups excluding carboxylic acids is 1. The smallest absolute Gasteiger partial charge is 0.220 e. The first-order chi connectivity index (χ1) is 10.1. The zero-order valence-corrected chi connectivity index (χ0v) is 13.1. The third kappa shape index (κ3) is 2.56. The van der Waals surface area contributed by atoms with Crippen molar-refractivity contribution in [1.29, 1.82) is 0 Å².